The first-order valence-corrected chi connectivity index (χ1v) is 5.59. The molecule has 1 atom stereocenters. The van der Waals surface area contributed by atoms with Crippen molar-refractivity contribution < 1.29 is 14.3 Å². The fourth-order valence-electron chi connectivity index (χ4n) is 1.16. The molecule has 0 radical (unpaired) electrons. The van der Waals surface area contributed by atoms with Gasteiger partial charge in [0.05, 0.1) is 12.6 Å². The van der Waals surface area contributed by atoms with Crippen molar-refractivity contribution in [3.63, 3.8) is 0 Å². The summed E-state index contributed by atoms with van der Waals surface area (Å²) >= 11 is 0. The lowest BCUT2D eigenvalue weighted by Crippen LogP contribution is -2.40. The van der Waals surface area contributed by atoms with E-state index in [1.807, 2.05) is 13.8 Å². The molecule has 0 fully saturated rings. The van der Waals surface area contributed by atoms with E-state index in [2.05, 4.69) is 15.6 Å². The first kappa shape index (κ1) is 13.5. The predicted molar refractivity (Wildman–Crippen MR) is 62.3 cm³/mol. The minimum atomic E-state index is -0.533. The number of amides is 2. The van der Waals surface area contributed by atoms with Crippen molar-refractivity contribution in [3.8, 4) is 0 Å². The molecule has 1 aromatic heterocycles. The zero-order valence-corrected chi connectivity index (χ0v) is 10.4. The minimum absolute atomic E-state index is 0.119. The Labute approximate surface area is 100 Å². The molecule has 1 rings (SSSR count). The predicted octanol–water partition coefficient (Wildman–Crippen LogP) is 0.799. The molecule has 17 heavy (non-hydrogen) atoms. The molecule has 3 N–H and O–H groups in total. The number of aryl methyl sites for hydroxylation is 1. The van der Waals surface area contributed by atoms with Gasteiger partial charge < -0.3 is 20.2 Å². The van der Waals surface area contributed by atoms with Crippen molar-refractivity contribution >= 4 is 6.03 Å². The normalized spacial score (nSPS) is 12.5. The molecule has 6 nitrogen and oxygen atoms in total. The molecule has 1 heterocycles. The van der Waals surface area contributed by atoms with E-state index in [1.165, 1.54) is 6.39 Å². The van der Waals surface area contributed by atoms with E-state index >= 15 is 0 Å². The molecule has 0 aromatic carbocycles. The van der Waals surface area contributed by atoms with Crippen molar-refractivity contribution in [2.45, 2.75) is 33.4 Å². The summed E-state index contributed by atoms with van der Waals surface area (Å²) in [5.74, 6) is 0.806. The van der Waals surface area contributed by atoms with E-state index in [0.717, 1.165) is 0 Å². The molecular formula is C11H19N3O3. The van der Waals surface area contributed by atoms with Gasteiger partial charge in [-0.05, 0) is 12.8 Å². The Morgan fingerprint density at radius 3 is 2.76 bits per heavy atom. The summed E-state index contributed by atoms with van der Waals surface area (Å²) in [4.78, 5) is 15.3. The third kappa shape index (κ3) is 4.44. The lowest BCUT2D eigenvalue weighted by molar-refractivity contribution is 0.125. The number of urea groups is 1. The zero-order valence-electron chi connectivity index (χ0n) is 10.4. The second-order valence-corrected chi connectivity index (χ2v) is 4.23. The number of hydrogen-bond acceptors (Lipinski definition) is 4. The summed E-state index contributed by atoms with van der Waals surface area (Å²) in [6.07, 6.45) is 0.807. The molecule has 0 aliphatic heterocycles. The molecule has 0 aliphatic rings. The first-order valence-electron chi connectivity index (χ1n) is 5.59. The summed E-state index contributed by atoms with van der Waals surface area (Å²) in [5.41, 5.74) is 0.699. The highest BCUT2D eigenvalue weighted by molar-refractivity contribution is 5.73. The zero-order chi connectivity index (χ0) is 12.8. The number of carbonyl (C=O) groups excluding carboxylic acids is 1. The van der Waals surface area contributed by atoms with E-state index in [0.29, 0.717) is 18.0 Å². The number of rotatable bonds is 5. The lowest BCUT2D eigenvalue weighted by Gasteiger charge is -2.15. The van der Waals surface area contributed by atoms with E-state index in [9.17, 15) is 9.90 Å². The van der Waals surface area contributed by atoms with Crippen LogP contribution in [0.4, 0.5) is 4.79 Å². The van der Waals surface area contributed by atoms with Gasteiger partial charge in [-0.1, -0.05) is 13.8 Å². The van der Waals surface area contributed by atoms with Crippen LogP contribution in [0.1, 0.15) is 25.3 Å². The van der Waals surface area contributed by atoms with Gasteiger partial charge in [0.15, 0.2) is 6.39 Å². The lowest BCUT2D eigenvalue weighted by atomic mass is 10.1. The maximum absolute atomic E-state index is 11.4. The Bertz CT molecular complexity index is 363. The Balaban J connectivity index is 2.24. The number of aliphatic hydroxyl groups excluding tert-OH is 1. The number of carbonyl (C=O) groups is 1. The van der Waals surface area contributed by atoms with Gasteiger partial charge in [0.1, 0.15) is 11.5 Å². The number of nitrogens with zero attached hydrogens (tertiary/aromatic N) is 1. The van der Waals surface area contributed by atoms with Crippen molar-refractivity contribution in [3.05, 3.63) is 17.8 Å². The second kappa shape index (κ2) is 6.24. The fraction of sp³-hybridized carbons (Fsp3) is 0.636. The van der Waals surface area contributed by atoms with Crippen LogP contribution >= 0.6 is 0 Å². The Morgan fingerprint density at radius 1 is 1.53 bits per heavy atom. The quantitative estimate of drug-likeness (QED) is 0.711. The van der Waals surface area contributed by atoms with Crippen LogP contribution in [0, 0.1) is 12.8 Å². The van der Waals surface area contributed by atoms with Crippen LogP contribution in [-0.4, -0.2) is 28.8 Å². The summed E-state index contributed by atoms with van der Waals surface area (Å²) < 4.78 is 5.00. The molecule has 0 aliphatic carbocycles. The SMILES string of the molecule is Cc1ocnc1CNC(=O)NCC(O)C(C)C. The van der Waals surface area contributed by atoms with Gasteiger partial charge >= 0.3 is 6.03 Å². The third-order valence-electron chi connectivity index (χ3n) is 2.50. The molecule has 2 amide bonds. The van der Waals surface area contributed by atoms with E-state index < -0.39 is 6.10 Å². The molecule has 1 aromatic rings. The molecule has 1 unspecified atom stereocenters. The Hall–Kier alpha value is -1.56. The van der Waals surface area contributed by atoms with Crippen LogP contribution in [-0.2, 0) is 6.54 Å². The van der Waals surface area contributed by atoms with Crippen molar-refractivity contribution in [2.24, 2.45) is 5.92 Å². The highest BCUT2D eigenvalue weighted by atomic mass is 16.3. The molecule has 0 saturated heterocycles. The van der Waals surface area contributed by atoms with Crippen LogP contribution in [0.2, 0.25) is 0 Å². The van der Waals surface area contributed by atoms with Gasteiger partial charge in [-0.2, -0.15) is 0 Å². The topological polar surface area (TPSA) is 87.4 Å². The average molecular weight is 241 g/mol. The van der Waals surface area contributed by atoms with Gasteiger partial charge in [0.2, 0.25) is 0 Å². The highest BCUT2D eigenvalue weighted by Gasteiger charge is 2.11. The van der Waals surface area contributed by atoms with Crippen LogP contribution in [0.25, 0.3) is 0 Å². The largest absolute Gasteiger partial charge is 0.448 e. The van der Waals surface area contributed by atoms with Gasteiger partial charge in [-0.3, -0.25) is 0 Å². The monoisotopic (exact) mass is 241 g/mol. The number of aromatic nitrogens is 1. The van der Waals surface area contributed by atoms with E-state index in [4.69, 9.17) is 4.42 Å². The van der Waals surface area contributed by atoms with E-state index in [1.54, 1.807) is 6.92 Å². The van der Waals surface area contributed by atoms with Crippen molar-refractivity contribution in [1.82, 2.24) is 15.6 Å². The molecule has 0 spiro atoms. The number of aliphatic hydroxyl groups is 1. The maximum atomic E-state index is 11.4. The number of hydrogen-bond donors (Lipinski definition) is 3. The summed E-state index contributed by atoms with van der Waals surface area (Å²) in [7, 11) is 0. The van der Waals surface area contributed by atoms with Gasteiger partial charge in [-0.25, -0.2) is 9.78 Å². The molecule has 96 valence electrons. The standard InChI is InChI=1S/C11H19N3O3/c1-7(2)10(15)5-13-11(16)12-4-9-8(3)17-6-14-9/h6-7,10,15H,4-5H2,1-3H3,(H2,12,13,16). The Kier molecular flexibility index (Phi) is 4.96. The molecular weight excluding hydrogens is 222 g/mol. The fourth-order valence-corrected chi connectivity index (χ4v) is 1.16. The van der Waals surface area contributed by atoms with Gasteiger partial charge in [0, 0.05) is 6.54 Å². The van der Waals surface area contributed by atoms with Crippen LogP contribution < -0.4 is 10.6 Å². The Morgan fingerprint density at radius 2 is 2.24 bits per heavy atom. The molecule has 6 heteroatoms. The molecule has 0 bridgehead atoms. The highest BCUT2D eigenvalue weighted by Crippen LogP contribution is 2.03. The molecule has 0 saturated carbocycles. The third-order valence-corrected chi connectivity index (χ3v) is 2.50. The maximum Gasteiger partial charge on any atom is 0.315 e. The van der Waals surface area contributed by atoms with Crippen molar-refractivity contribution in [2.75, 3.05) is 6.54 Å². The second-order valence-electron chi connectivity index (χ2n) is 4.23. The van der Waals surface area contributed by atoms with Gasteiger partial charge in [0.25, 0.3) is 0 Å². The summed E-state index contributed by atoms with van der Waals surface area (Å²) in [6, 6.07) is -0.327. The van der Waals surface area contributed by atoms with Gasteiger partial charge in [-0.15, -0.1) is 0 Å². The smallest absolute Gasteiger partial charge is 0.315 e. The average Bonchev–Trinajstić information content (AvgIpc) is 2.68. The van der Waals surface area contributed by atoms with E-state index in [-0.39, 0.29) is 18.5 Å². The van der Waals surface area contributed by atoms with Crippen molar-refractivity contribution in [1.29, 1.82) is 0 Å². The number of oxazole rings is 1. The first-order chi connectivity index (χ1) is 8.00. The minimum Gasteiger partial charge on any atom is -0.448 e. The van der Waals surface area contributed by atoms with Crippen LogP contribution in [0.15, 0.2) is 10.8 Å². The summed E-state index contributed by atoms with van der Waals surface area (Å²) in [6.45, 7) is 6.11. The number of nitrogens with one attached hydrogen (secondary N) is 2. The van der Waals surface area contributed by atoms with Crippen LogP contribution in [0.3, 0.4) is 0 Å². The van der Waals surface area contributed by atoms with Crippen LogP contribution in [0.5, 0.6) is 0 Å². The summed E-state index contributed by atoms with van der Waals surface area (Å²) in [5, 5.41) is 14.7.